The quantitative estimate of drug-likeness (QED) is 0.304. The molecule has 0 saturated heterocycles. The fourth-order valence-corrected chi connectivity index (χ4v) is 9.45. The Kier molecular flexibility index (Phi) is 10.0. The highest BCUT2D eigenvalue weighted by Crippen LogP contribution is 2.33. The van der Waals surface area contributed by atoms with Crippen LogP contribution in [0.2, 0.25) is 5.02 Å². The van der Waals surface area contributed by atoms with E-state index in [4.69, 9.17) is 17.3 Å². The van der Waals surface area contributed by atoms with Gasteiger partial charge in [0.05, 0.1) is 22.0 Å². The zero-order valence-electron chi connectivity index (χ0n) is 24.3. The third kappa shape index (κ3) is 7.38. The summed E-state index contributed by atoms with van der Waals surface area (Å²) in [5, 5.41) is 3.48. The first-order valence-electron chi connectivity index (χ1n) is 14.7. The van der Waals surface area contributed by atoms with Crippen molar-refractivity contribution in [3.8, 4) is 0 Å². The summed E-state index contributed by atoms with van der Waals surface area (Å²) in [6.07, 6.45) is 7.84. The zero-order chi connectivity index (χ0) is 30.6. The van der Waals surface area contributed by atoms with Gasteiger partial charge in [0.2, 0.25) is 26.0 Å². The maximum absolute atomic E-state index is 14.1. The van der Waals surface area contributed by atoms with Gasteiger partial charge >= 0.3 is 0 Å². The topological polar surface area (TPSA) is 139 Å². The summed E-state index contributed by atoms with van der Waals surface area (Å²) < 4.78 is 59.2. The van der Waals surface area contributed by atoms with Gasteiger partial charge in [0, 0.05) is 42.9 Å². The van der Waals surface area contributed by atoms with E-state index in [2.05, 4.69) is 15.3 Å². The highest BCUT2D eigenvalue weighted by molar-refractivity contribution is 7.89. The lowest BCUT2D eigenvalue weighted by molar-refractivity contribution is 0.233. The van der Waals surface area contributed by atoms with Crippen molar-refractivity contribution >= 4 is 37.6 Å². The maximum Gasteiger partial charge on any atom is 0.243 e. The minimum absolute atomic E-state index is 0.0364. The van der Waals surface area contributed by atoms with Crippen molar-refractivity contribution in [3.05, 3.63) is 77.1 Å². The number of sulfonamides is 2. The van der Waals surface area contributed by atoms with Crippen molar-refractivity contribution in [2.24, 2.45) is 5.73 Å². The number of rotatable bonds is 11. The number of aromatic nitrogens is 2. The Bertz CT molecular complexity index is 1590. The molecular formula is C30H39ClN6O4S2. The number of nitrogens with one attached hydrogen (secondary N) is 1. The molecule has 0 radical (unpaired) electrons. The average molecular weight is 647 g/mol. The molecular weight excluding hydrogens is 608 g/mol. The number of hydrogen-bond donors (Lipinski definition) is 2. The number of halogens is 1. The molecule has 3 N–H and O–H groups in total. The first-order valence-corrected chi connectivity index (χ1v) is 18.0. The van der Waals surface area contributed by atoms with Crippen LogP contribution in [0.25, 0.3) is 0 Å². The number of nitrogens with zero attached hydrogens (tertiary/aromatic N) is 4. The molecule has 0 atom stereocenters. The molecule has 2 fully saturated rings. The molecule has 5 rings (SSSR count). The second kappa shape index (κ2) is 13.6. The number of hydrogen-bond acceptors (Lipinski definition) is 8. The van der Waals surface area contributed by atoms with E-state index in [1.54, 1.807) is 35.7 Å². The van der Waals surface area contributed by atoms with Crippen LogP contribution >= 0.6 is 11.6 Å². The SMILES string of the molecule is CNc1nccc(CN(C2CCC(N)CC2)S(=O)(=O)c2ccc(S(=O)(=O)N(Cc3ccc(Cl)cc3)C3CCCC3)cc2)n1. The lowest BCUT2D eigenvalue weighted by atomic mass is 9.92. The Hall–Kier alpha value is -2.61. The fraction of sp³-hybridized carbons (Fsp3) is 0.467. The average Bonchev–Trinajstić information content (AvgIpc) is 3.55. The van der Waals surface area contributed by atoms with Crippen LogP contribution in [0.15, 0.2) is 70.6 Å². The summed E-state index contributed by atoms with van der Waals surface area (Å²) in [5.41, 5.74) is 7.53. The Labute approximate surface area is 259 Å². The minimum atomic E-state index is -4.00. The molecule has 1 aromatic heterocycles. The van der Waals surface area contributed by atoms with Crippen molar-refractivity contribution in [1.82, 2.24) is 18.6 Å². The molecule has 232 valence electrons. The van der Waals surface area contributed by atoms with Crippen molar-refractivity contribution < 1.29 is 16.8 Å². The molecule has 0 amide bonds. The molecule has 0 unspecified atom stereocenters. The van der Waals surface area contributed by atoms with Gasteiger partial charge in [-0.25, -0.2) is 26.8 Å². The normalized spacial score (nSPS) is 20.1. The molecule has 3 aromatic rings. The van der Waals surface area contributed by atoms with Gasteiger partial charge in [0.15, 0.2) is 0 Å². The van der Waals surface area contributed by atoms with Gasteiger partial charge < -0.3 is 11.1 Å². The van der Waals surface area contributed by atoms with E-state index in [0.29, 0.717) is 29.5 Å². The smallest absolute Gasteiger partial charge is 0.243 e. The predicted octanol–water partition coefficient (Wildman–Crippen LogP) is 4.77. The highest BCUT2D eigenvalue weighted by atomic mass is 35.5. The van der Waals surface area contributed by atoms with Gasteiger partial charge in [-0.1, -0.05) is 36.6 Å². The van der Waals surface area contributed by atoms with Gasteiger partial charge in [-0.2, -0.15) is 8.61 Å². The summed E-state index contributed by atoms with van der Waals surface area (Å²) in [7, 11) is -6.20. The van der Waals surface area contributed by atoms with Crippen LogP contribution in [0.1, 0.15) is 62.6 Å². The lowest BCUT2D eigenvalue weighted by Crippen LogP contribution is -2.44. The van der Waals surface area contributed by atoms with Crippen LogP contribution in [0.5, 0.6) is 0 Å². The molecule has 2 saturated carbocycles. The Morgan fingerprint density at radius 2 is 1.33 bits per heavy atom. The molecule has 1 heterocycles. The Morgan fingerprint density at radius 1 is 0.791 bits per heavy atom. The molecule has 43 heavy (non-hydrogen) atoms. The van der Waals surface area contributed by atoms with Crippen LogP contribution in [0, 0.1) is 0 Å². The summed E-state index contributed by atoms with van der Waals surface area (Å²) in [5.74, 6) is 0.403. The summed E-state index contributed by atoms with van der Waals surface area (Å²) in [6.45, 7) is 0.283. The number of benzene rings is 2. The van der Waals surface area contributed by atoms with E-state index < -0.39 is 20.0 Å². The second-order valence-corrected chi connectivity index (χ2v) is 15.5. The number of anilines is 1. The van der Waals surface area contributed by atoms with E-state index in [9.17, 15) is 16.8 Å². The third-order valence-corrected chi connectivity index (χ3v) is 12.5. The largest absolute Gasteiger partial charge is 0.357 e. The first kappa shape index (κ1) is 31.8. The summed E-state index contributed by atoms with van der Waals surface area (Å²) >= 11 is 6.05. The summed E-state index contributed by atoms with van der Waals surface area (Å²) in [6, 6.07) is 14.2. The van der Waals surface area contributed by atoms with Crippen LogP contribution in [0.4, 0.5) is 5.95 Å². The lowest BCUT2D eigenvalue weighted by Gasteiger charge is -2.35. The third-order valence-electron chi connectivity index (χ3n) is 8.42. The van der Waals surface area contributed by atoms with Crippen molar-refractivity contribution in [3.63, 3.8) is 0 Å². The van der Waals surface area contributed by atoms with E-state index in [-0.39, 0.29) is 41.0 Å². The van der Waals surface area contributed by atoms with Crippen molar-refractivity contribution in [1.29, 1.82) is 0 Å². The van der Waals surface area contributed by atoms with E-state index in [1.807, 2.05) is 12.1 Å². The Balaban J connectivity index is 1.44. The van der Waals surface area contributed by atoms with Gasteiger partial charge in [0.25, 0.3) is 0 Å². The molecule has 0 spiro atoms. The van der Waals surface area contributed by atoms with E-state index in [0.717, 1.165) is 44.1 Å². The zero-order valence-corrected chi connectivity index (χ0v) is 26.7. The standard InChI is InChI=1S/C30H39ClN6O4S2/c1-33-30-34-19-18-25(35-30)21-37(27-12-10-24(32)11-13-27)43(40,41)29-16-14-28(15-17-29)42(38,39)36(26-4-2-3-5-26)20-22-6-8-23(31)9-7-22/h6-9,14-19,24,26-27H,2-5,10-13,20-21,32H2,1H3,(H,33,34,35). The monoisotopic (exact) mass is 646 g/mol. The van der Waals surface area contributed by atoms with Crippen LogP contribution in [-0.4, -0.2) is 60.6 Å². The van der Waals surface area contributed by atoms with E-state index >= 15 is 0 Å². The van der Waals surface area contributed by atoms with E-state index in [1.165, 1.54) is 28.6 Å². The Morgan fingerprint density at radius 3 is 1.88 bits per heavy atom. The molecule has 0 aliphatic heterocycles. The molecule has 10 nitrogen and oxygen atoms in total. The molecule has 2 aromatic carbocycles. The second-order valence-electron chi connectivity index (χ2n) is 11.3. The van der Waals surface area contributed by atoms with Crippen LogP contribution < -0.4 is 11.1 Å². The van der Waals surface area contributed by atoms with Crippen molar-refractivity contribution in [2.45, 2.75) is 92.4 Å². The summed E-state index contributed by atoms with van der Waals surface area (Å²) in [4.78, 5) is 8.69. The minimum Gasteiger partial charge on any atom is -0.357 e. The van der Waals surface area contributed by atoms with Gasteiger partial charge in [-0.05, 0) is 86.6 Å². The van der Waals surface area contributed by atoms with Crippen LogP contribution in [-0.2, 0) is 33.1 Å². The molecule has 13 heteroatoms. The van der Waals surface area contributed by atoms with Crippen molar-refractivity contribution in [2.75, 3.05) is 12.4 Å². The van der Waals surface area contributed by atoms with Gasteiger partial charge in [-0.3, -0.25) is 0 Å². The molecule has 2 aliphatic carbocycles. The first-order chi connectivity index (χ1) is 20.6. The maximum atomic E-state index is 14.1. The fourth-order valence-electron chi connectivity index (χ4n) is 5.99. The van der Waals surface area contributed by atoms with Crippen LogP contribution in [0.3, 0.4) is 0 Å². The van der Waals surface area contributed by atoms with Gasteiger partial charge in [0.1, 0.15) is 0 Å². The van der Waals surface area contributed by atoms with Gasteiger partial charge in [-0.15, -0.1) is 0 Å². The number of nitrogens with two attached hydrogens (primary N) is 1. The molecule has 0 bridgehead atoms. The molecule has 2 aliphatic rings. The highest BCUT2D eigenvalue weighted by Gasteiger charge is 2.36. The predicted molar refractivity (Wildman–Crippen MR) is 167 cm³/mol.